The Morgan fingerprint density at radius 3 is 2.10 bits per heavy atom. The molecule has 41 heavy (non-hydrogen) atoms. The van der Waals surface area contributed by atoms with E-state index < -0.39 is 70.1 Å². The molecule has 0 aromatic heterocycles. The van der Waals surface area contributed by atoms with Gasteiger partial charge in [-0.1, -0.05) is 40.9 Å². The Hall–Kier alpha value is -2.44. The second-order valence-corrected chi connectivity index (χ2v) is 12.2. The fourth-order valence-electron chi connectivity index (χ4n) is 4.76. The first-order valence-corrected chi connectivity index (χ1v) is 13.2. The second-order valence-electron chi connectivity index (χ2n) is 9.73. The van der Waals surface area contributed by atoms with Gasteiger partial charge in [0, 0.05) is 38.5 Å². The Labute approximate surface area is 246 Å². The molecule has 226 valence electrons. The van der Waals surface area contributed by atoms with Crippen LogP contribution in [0.25, 0.3) is 0 Å². The number of hydrogen-bond acceptors (Lipinski definition) is 3. The van der Waals surface area contributed by atoms with Gasteiger partial charge in [0.25, 0.3) is 0 Å². The Morgan fingerprint density at radius 1 is 1.00 bits per heavy atom. The van der Waals surface area contributed by atoms with E-state index in [1.165, 1.54) is 30.1 Å². The predicted molar refractivity (Wildman–Crippen MR) is 138 cm³/mol. The van der Waals surface area contributed by atoms with Crippen LogP contribution < -0.4 is 0 Å². The van der Waals surface area contributed by atoms with Crippen LogP contribution in [0.15, 0.2) is 36.4 Å². The lowest BCUT2D eigenvalue weighted by Gasteiger charge is -2.39. The van der Waals surface area contributed by atoms with Crippen LogP contribution in [0.1, 0.15) is 40.2 Å². The van der Waals surface area contributed by atoms with Crippen molar-refractivity contribution in [3.63, 3.8) is 0 Å². The summed E-state index contributed by atoms with van der Waals surface area (Å²) < 4.78 is 96.9. The number of carbonyl (C=O) groups excluding carboxylic acids is 2. The van der Waals surface area contributed by atoms with E-state index in [9.17, 15) is 40.3 Å². The number of amides is 2. The highest BCUT2D eigenvalue weighted by Crippen LogP contribution is 2.38. The van der Waals surface area contributed by atoms with Crippen LogP contribution in [0.5, 0.6) is 0 Å². The SMILES string of the molecule is Cc1cc(F)ccc1[C@@H]1CN(C(=O)OCC(Cl)(Cl)Cl)CC[C@H]1C(=O)N(C)Cc1cc(C(F)(F)F)cc(C(F)(F)F)c1. The number of halogens is 10. The highest BCUT2D eigenvalue weighted by Gasteiger charge is 2.40. The van der Waals surface area contributed by atoms with Gasteiger partial charge in [-0.15, -0.1) is 0 Å². The summed E-state index contributed by atoms with van der Waals surface area (Å²) in [6.45, 7) is 0.450. The molecule has 0 aliphatic carbocycles. The lowest BCUT2D eigenvalue weighted by Crippen LogP contribution is -2.48. The molecule has 1 fully saturated rings. The Bertz CT molecular complexity index is 1250. The number of rotatable bonds is 5. The summed E-state index contributed by atoms with van der Waals surface area (Å²) >= 11 is 16.9. The van der Waals surface area contributed by atoms with Crippen molar-refractivity contribution in [2.75, 3.05) is 26.7 Å². The van der Waals surface area contributed by atoms with E-state index in [1.807, 2.05) is 0 Å². The molecule has 1 heterocycles. The maximum Gasteiger partial charge on any atom is 0.416 e. The summed E-state index contributed by atoms with van der Waals surface area (Å²) in [4.78, 5) is 28.5. The van der Waals surface area contributed by atoms with Crippen LogP contribution in [0.3, 0.4) is 0 Å². The molecule has 0 radical (unpaired) electrons. The molecule has 0 N–H and O–H groups in total. The molecule has 2 atom stereocenters. The van der Waals surface area contributed by atoms with Gasteiger partial charge < -0.3 is 14.5 Å². The first kappa shape index (κ1) is 33.1. The number of ether oxygens (including phenoxy) is 1. The molecule has 2 amide bonds. The van der Waals surface area contributed by atoms with Crippen molar-refractivity contribution in [3.05, 3.63) is 70.0 Å². The van der Waals surface area contributed by atoms with Crippen molar-refractivity contribution in [2.45, 2.75) is 42.0 Å². The lowest BCUT2D eigenvalue weighted by atomic mass is 9.78. The van der Waals surface area contributed by atoms with Crippen molar-refractivity contribution in [1.29, 1.82) is 0 Å². The minimum atomic E-state index is -5.04. The summed E-state index contributed by atoms with van der Waals surface area (Å²) in [7, 11) is 1.26. The summed E-state index contributed by atoms with van der Waals surface area (Å²) in [6.07, 6.45) is -10.9. The molecule has 15 heteroatoms. The minimum Gasteiger partial charge on any atom is -0.445 e. The Morgan fingerprint density at radius 2 is 1.59 bits per heavy atom. The van der Waals surface area contributed by atoms with Crippen molar-refractivity contribution in [3.8, 4) is 0 Å². The van der Waals surface area contributed by atoms with Crippen LogP contribution >= 0.6 is 34.8 Å². The highest BCUT2D eigenvalue weighted by atomic mass is 35.6. The van der Waals surface area contributed by atoms with Gasteiger partial charge in [-0.3, -0.25) is 4.79 Å². The van der Waals surface area contributed by atoms with Gasteiger partial charge in [0.2, 0.25) is 9.70 Å². The number of alkyl halides is 9. The summed E-state index contributed by atoms with van der Waals surface area (Å²) in [5, 5.41) is 0. The third kappa shape index (κ3) is 8.78. The fourth-order valence-corrected chi connectivity index (χ4v) is 4.93. The standard InChI is InChI=1S/C26H24Cl3F7N2O3/c1-14-7-18(30)3-4-19(14)21-12-38(23(40)41-13-24(27,28)29)6-5-20(21)22(39)37(2)11-15-8-16(25(31,32)33)10-17(9-15)26(34,35)36/h3-4,7-10,20-21H,5-6,11-13H2,1-2H3/t20-,21+/m1/s1. The molecule has 1 aliphatic rings. The second kappa shape index (κ2) is 12.4. The van der Waals surface area contributed by atoms with E-state index in [1.54, 1.807) is 6.92 Å². The van der Waals surface area contributed by atoms with E-state index >= 15 is 0 Å². The van der Waals surface area contributed by atoms with Crippen LogP contribution in [0.4, 0.5) is 35.5 Å². The summed E-state index contributed by atoms with van der Waals surface area (Å²) in [6, 6.07) is 5.00. The van der Waals surface area contributed by atoms with Crippen molar-refractivity contribution < 1.29 is 45.1 Å². The van der Waals surface area contributed by atoms with E-state index in [0.29, 0.717) is 23.3 Å². The zero-order valence-electron chi connectivity index (χ0n) is 21.6. The van der Waals surface area contributed by atoms with Gasteiger partial charge in [0.1, 0.15) is 12.4 Å². The first-order chi connectivity index (χ1) is 18.8. The van der Waals surface area contributed by atoms with Gasteiger partial charge in [-0.2, -0.15) is 26.3 Å². The Kier molecular flexibility index (Phi) is 10.0. The molecule has 5 nitrogen and oxygen atoms in total. The minimum absolute atomic E-state index is 0.0101. The first-order valence-electron chi connectivity index (χ1n) is 12.0. The number of hydrogen-bond donors (Lipinski definition) is 0. The zero-order valence-corrected chi connectivity index (χ0v) is 23.8. The summed E-state index contributed by atoms with van der Waals surface area (Å²) in [5.74, 6) is -2.69. The zero-order chi connectivity index (χ0) is 30.9. The van der Waals surface area contributed by atoms with Gasteiger partial charge in [0.05, 0.1) is 11.1 Å². The number of nitrogens with zero attached hydrogens (tertiary/aromatic N) is 2. The van der Waals surface area contributed by atoms with Crippen LogP contribution in [-0.4, -0.2) is 52.3 Å². The van der Waals surface area contributed by atoms with Crippen LogP contribution in [0.2, 0.25) is 0 Å². The third-order valence-electron chi connectivity index (χ3n) is 6.62. The normalized spacial score (nSPS) is 18.3. The van der Waals surface area contributed by atoms with Crippen molar-refractivity contribution >= 4 is 46.8 Å². The third-order valence-corrected chi connectivity index (χ3v) is 6.95. The van der Waals surface area contributed by atoms with Gasteiger partial charge in [0.15, 0.2) is 0 Å². The van der Waals surface area contributed by atoms with Gasteiger partial charge >= 0.3 is 18.4 Å². The number of benzene rings is 2. The van der Waals surface area contributed by atoms with Crippen molar-refractivity contribution in [1.82, 2.24) is 9.80 Å². The molecule has 0 bridgehead atoms. The average Bonchev–Trinajstić information content (AvgIpc) is 2.85. The van der Waals surface area contributed by atoms with Gasteiger partial charge in [-0.05, 0) is 60.4 Å². The molecule has 1 aliphatic heterocycles. The smallest absolute Gasteiger partial charge is 0.416 e. The molecule has 1 saturated heterocycles. The molecule has 0 unspecified atom stereocenters. The fraction of sp³-hybridized carbons (Fsp3) is 0.462. The number of likely N-dealkylation sites (tertiary alicyclic amines) is 1. The lowest BCUT2D eigenvalue weighted by molar-refractivity contribution is -0.143. The van der Waals surface area contributed by atoms with Crippen LogP contribution in [0, 0.1) is 18.7 Å². The van der Waals surface area contributed by atoms with E-state index in [4.69, 9.17) is 39.5 Å². The maximum absolute atomic E-state index is 13.8. The van der Waals surface area contributed by atoms with Gasteiger partial charge in [-0.25, -0.2) is 9.18 Å². The quantitative estimate of drug-likeness (QED) is 0.246. The molecule has 3 rings (SSSR count). The summed E-state index contributed by atoms with van der Waals surface area (Å²) in [5.41, 5.74) is -2.37. The van der Waals surface area contributed by atoms with Crippen molar-refractivity contribution in [2.24, 2.45) is 5.92 Å². The van der Waals surface area contributed by atoms with E-state index in [2.05, 4.69) is 0 Å². The number of carbonyl (C=O) groups is 2. The predicted octanol–water partition coefficient (Wildman–Crippen LogP) is 7.74. The van der Waals surface area contributed by atoms with Crippen LogP contribution in [-0.2, 0) is 28.4 Å². The average molecular weight is 652 g/mol. The van der Waals surface area contributed by atoms with E-state index in [-0.39, 0.29) is 31.1 Å². The molecule has 0 saturated carbocycles. The molecular formula is C26H24Cl3F7N2O3. The molecule has 2 aromatic rings. The monoisotopic (exact) mass is 650 g/mol. The van der Waals surface area contributed by atoms with E-state index in [0.717, 1.165) is 4.90 Å². The maximum atomic E-state index is 13.8. The Balaban J connectivity index is 1.89. The number of aryl methyl sites for hydroxylation is 1. The number of piperidine rings is 1. The molecular weight excluding hydrogens is 628 g/mol. The molecule has 0 spiro atoms. The highest BCUT2D eigenvalue weighted by molar-refractivity contribution is 6.67. The topological polar surface area (TPSA) is 49.9 Å². The molecule has 2 aromatic carbocycles. The largest absolute Gasteiger partial charge is 0.445 e.